The first-order chi connectivity index (χ1) is 13.5. The Morgan fingerprint density at radius 3 is 2.64 bits per heavy atom. The van der Waals surface area contributed by atoms with E-state index in [-0.39, 0.29) is 16.1 Å². The Kier molecular flexibility index (Phi) is 7.73. The van der Waals surface area contributed by atoms with Crippen molar-refractivity contribution < 1.29 is 17.9 Å². The van der Waals surface area contributed by atoms with E-state index in [9.17, 15) is 13.2 Å². The predicted octanol–water partition coefficient (Wildman–Crippen LogP) is 2.28. The van der Waals surface area contributed by atoms with Gasteiger partial charge in [0, 0.05) is 25.8 Å². The summed E-state index contributed by atoms with van der Waals surface area (Å²) in [4.78, 5) is 16.8. The number of carbonyl (C=O) groups excluding carboxylic acids is 1. The van der Waals surface area contributed by atoms with Crippen molar-refractivity contribution in [2.24, 2.45) is 5.92 Å². The van der Waals surface area contributed by atoms with Crippen molar-refractivity contribution in [3.8, 4) is 0 Å². The largest absolute Gasteiger partial charge is 0.379 e. The monoisotopic (exact) mass is 427 g/mol. The van der Waals surface area contributed by atoms with Crippen LogP contribution in [-0.4, -0.2) is 61.7 Å². The van der Waals surface area contributed by atoms with Crippen molar-refractivity contribution in [2.45, 2.75) is 54.2 Å². The Morgan fingerprint density at radius 1 is 1.29 bits per heavy atom. The van der Waals surface area contributed by atoms with Gasteiger partial charge in [-0.3, -0.25) is 4.79 Å². The minimum absolute atomic E-state index is 0.00221. The van der Waals surface area contributed by atoms with Crippen LogP contribution in [0, 0.1) is 5.92 Å². The molecule has 28 heavy (non-hydrogen) atoms. The summed E-state index contributed by atoms with van der Waals surface area (Å²) in [6.45, 7) is 4.13. The molecule has 2 aliphatic rings. The maximum absolute atomic E-state index is 12.6. The number of thioether (sulfide) groups is 1. The Morgan fingerprint density at radius 2 is 2.00 bits per heavy atom. The second-order valence-electron chi connectivity index (χ2n) is 7.36. The molecule has 1 N–H and O–H groups in total. The molecule has 3 rings (SSSR count). The zero-order valence-electron chi connectivity index (χ0n) is 16.3. The molecule has 0 radical (unpaired) electrons. The second-order valence-corrected chi connectivity index (χ2v) is 10.7. The molecule has 156 valence electrons. The summed E-state index contributed by atoms with van der Waals surface area (Å²) in [6.07, 6.45) is 7.59. The SMILES string of the molecule is C[C@H](Sc1ccc(S(=O)(=O)N2CCOCC2)cn1)C(=O)NCC1CCCCC1. The van der Waals surface area contributed by atoms with Gasteiger partial charge in [0.15, 0.2) is 0 Å². The van der Waals surface area contributed by atoms with Crippen LogP contribution in [0.25, 0.3) is 0 Å². The maximum atomic E-state index is 12.6. The average Bonchev–Trinajstić information content (AvgIpc) is 2.73. The van der Waals surface area contributed by atoms with E-state index in [2.05, 4.69) is 10.3 Å². The zero-order valence-corrected chi connectivity index (χ0v) is 17.9. The molecule has 1 saturated carbocycles. The molecular formula is C19H29N3O4S2. The molecule has 1 aromatic heterocycles. The molecule has 1 aliphatic carbocycles. The zero-order chi connectivity index (χ0) is 20.0. The molecule has 2 fully saturated rings. The van der Waals surface area contributed by atoms with Crippen LogP contribution in [0.1, 0.15) is 39.0 Å². The van der Waals surface area contributed by atoms with Crippen molar-refractivity contribution in [1.82, 2.24) is 14.6 Å². The number of nitrogens with one attached hydrogen (secondary N) is 1. The third-order valence-corrected chi connectivity index (χ3v) is 8.21. The van der Waals surface area contributed by atoms with Gasteiger partial charge in [-0.1, -0.05) is 31.0 Å². The summed E-state index contributed by atoms with van der Waals surface area (Å²) in [5.41, 5.74) is 0. The minimum atomic E-state index is -3.54. The Labute approximate surface area is 171 Å². The van der Waals surface area contributed by atoms with Gasteiger partial charge in [-0.2, -0.15) is 4.31 Å². The van der Waals surface area contributed by atoms with Gasteiger partial charge in [0.05, 0.1) is 23.5 Å². The van der Waals surface area contributed by atoms with Gasteiger partial charge < -0.3 is 10.1 Å². The van der Waals surface area contributed by atoms with E-state index in [0.29, 0.717) is 37.2 Å². The molecule has 1 aromatic rings. The predicted molar refractivity (Wildman–Crippen MR) is 109 cm³/mol. The Balaban J connectivity index is 1.52. The third-order valence-electron chi connectivity index (χ3n) is 5.27. The number of rotatable bonds is 7. The molecule has 0 spiro atoms. The van der Waals surface area contributed by atoms with Gasteiger partial charge in [0.2, 0.25) is 15.9 Å². The molecule has 0 unspecified atom stereocenters. The highest BCUT2D eigenvalue weighted by Gasteiger charge is 2.27. The Bertz CT molecular complexity index is 743. The van der Waals surface area contributed by atoms with Crippen molar-refractivity contribution in [2.75, 3.05) is 32.8 Å². The summed E-state index contributed by atoms with van der Waals surface area (Å²) in [7, 11) is -3.54. The number of amides is 1. The van der Waals surface area contributed by atoms with Crippen LogP contribution in [0.2, 0.25) is 0 Å². The van der Waals surface area contributed by atoms with Crippen LogP contribution in [-0.2, 0) is 19.6 Å². The quantitative estimate of drug-likeness (QED) is 0.672. The first kappa shape index (κ1) is 21.5. The molecule has 2 heterocycles. The number of hydrogen-bond donors (Lipinski definition) is 1. The van der Waals surface area contributed by atoms with Crippen LogP contribution >= 0.6 is 11.8 Å². The first-order valence-electron chi connectivity index (χ1n) is 9.95. The van der Waals surface area contributed by atoms with Crippen molar-refractivity contribution in [3.63, 3.8) is 0 Å². The molecule has 7 nitrogen and oxygen atoms in total. The number of ether oxygens (including phenoxy) is 1. The number of pyridine rings is 1. The number of carbonyl (C=O) groups is 1. The highest BCUT2D eigenvalue weighted by Crippen LogP contribution is 2.25. The smallest absolute Gasteiger partial charge is 0.244 e. The van der Waals surface area contributed by atoms with E-state index in [4.69, 9.17) is 4.74 Å². The van der Waals surface area contributed by atoms with E-state index < -0.39 is 10.0 Å². The summed E-state index contributed by atoms with van der Waals surface area (Å²) in [6, 6.07) is 3.23. The highest BCUT2D eigenvalue weighted by molar-refractivity contribution is 8.00. The van der Waals surface area contributed by atoms with Crippen molar-refractivity contribution >= 4 is 27.7 Å². The van der Waals surface area contributed by atoms with Gasteiger partial charge in [-0.15, -0.1) is 0 Å². The van der Waals surface area contributed by atoms with E-state index in [0.717, 1.165) is 6.54 Å². The lowest BCUT2D eigenvalue weighted by atomic mass is 9.89. The maximum Gasteiger partial charge on any atom is 0.244 e. The topological polar surface area (TPSA) is 88.6 Å². The third kappa shape index (κ3) is 5.68. The van der Waals surface area contributed by atoms with E-state index >= 15 is 0 Å². The molecule has 0 bridgehead atoms. The van der Waals surface area contributed by atoms with Crippen LogP contribution < -0.4 is 5.32 Å². The van der Waals surface area contributed by atoms with E-state index in [1.54, 1.807) is 12.1 Å². The van der Waals surface area contributed by atoms with Crippen LogP contribution in [0.5, 0.6) is 0 Å². The van der Waals surface area contributed by atoms with Gasteiger partial charge in [0.25, 0.3) is 0 Å². The molecule has 1 aliphatic heterocycles. The molecule has 1 atom stereocenters. The van der Waals surface area contributed by atoms with E-state index in [1.807, 2.05) is 6.92 Å². The average molecular weight is 428 g/mol. The van der Waals surface area contributed by atoms with Crippen LogP contribution in [0.4, 0.5) is 0 Å². The number of nitrogens with zero attached hydrogens (tertiary/aromatic N) is 2. The van der Waals surface area contributed by atoms with Crippen molar-refractivity contribution in [1.29, 1.82) is 0 Å². The molecule has 0 aromatic carbocycles. The molecular weight excluding hydrogens is 398 g/mol. The number of hydrogen-bond acceptors (Lipinski definition) is 6. The van der Waals surface area contributed by atoms with Gasteiger partial charge in [-0.25, -0.2) is 13.4 Å². The standard InChI is InChI=1S/C19H29N3O4S2/c1-15(19(23)21-13-16-5-3-2-4-6-16)27-18-8-7-17(14-20-18)28(24,25)22-9-11-26-12-10-22/h7-8,14-16H,2-6,9-13H2,1H3,(H,21,23)/t15-/m0/s1. The number of morpholine rings is 1. The lowest BCUT2D eigenvalue weighted by Crippen LogP contribution is -2.40. The summed E-state index contributed by atoms with van der Waals surface area (Å²) in [5.74, 6) is 0.597. The lowest BCUT2D eigenvalue weighted by molar-refractivity contribution is -0.120. The molecule has 1 saturated heterocycles. The van der Waals surface area contributed by atoms with Crippen molar-refractivity contribution in [3.05, 3.63) is 18.3 Å². The summed E-state index contributed by atoms with van der Waals surface area (Å²) >= 11 is 1.34. The Hall–Kier alpha value is -1.16. The molecule has 1 amide bonds. The lowest BCUT2D eigenvalue weighted by Gasteiger charge is -2.25. The fraction of sp³-hybridized carbons (Fsp3) is 0.684. The van der Waals surface area contributed by atoms with Gasteiger partial charge in [-0.05, 0) is 37.8 Å². The highest BCUT2D eigenvalue weighted by atomic mass is 32.2. The number of sulfonamides is 1. The summed E-state index contributed by atoms with van der Waals surface area (Å²) < 4.78 is 31.9. The molecule has 9 heteroatoms. The fourth-order valence-corrected chi connectivity index (χ4v) is 5.71. The second kappa shape index (κ2) is 10.0. The van der Waals surface area contributed by atoms with Gasteiger partial charge in [0.1, 0.15) is 4.90 Å². The number of aromatic nitrogens is 1. The first-order valence-corrected chi connectivity index (χ1v) is 12.3. The normalized spacial score (nSPS) is 20.6. The van der Waals surface area contributed by atoms with Gasteiger partial charge >= 0.3 is 0 Å². The minimum Gasteiger partial charge on any atom is -0.379 e. The summed E-state index contributed by atoms with van der Waals surface area (Å²) in [5, 5.41) is 3.41. The van der Waals surface area contributed by atoms with E-state index in [1.165, 1.54) is 54.4 Å². The van der Waals surface area contributed by atoms with Crippen LogP contribution in [0.15, 0.2) is 28.3 Å². The fourth-order valence-electron chi connectivity index (χ4n) is 3.54. The van der Waals surface area contributed by atoms with Crippen LogP contribution in [0.3, 0.4) is 0 Å².